The molecule has 1 rings (SSSR count). The lowest BCUT2D eigenvalue weighted by Gasteiger charge is -2.27. The molecule has 8 heteroatoms. The molecular formula is C23H38N2O6. The molecule has 0 fully saturated rings. The van der Waals surface area contributed by atoms with Gasteiger partial charge in [0.15, 0.2) is 0 Å². The van der Waals surface area contributed by atoms with Crippen LogP contribution in [0.15, 0.2) is 18.2 Å². The van der Waals surface area contributed by atoms with Crippen molar-refractivity contribution < 1.29 is 28.9 Å². The van der Waals surface area contributed by atoms with Gasteiger partial charge in [0.05, 0.1) is 26.4 Å². The van der Waals surface area contributed by atoms with Crippen molar-refractivity contribution in [3.8, 4) is 5.75 Å². The molecule has 0 saturated carbocycles. The minimum Gasteiger partial charge on any atom is -0.496 e. The lowest BCUT2D eigenvalue weighted by atomic mass is 9.97. The molecule has 0 bridgehead atoms. The normalized spacial score (nSPS) is 14.2. The molecule has 31 heavy (non-hydrogen) atoms. The summed E-state index contributed by atoms with van der Waals surface area (Å²) in [4.78, 5) is 24.7. The SMILES string of the molecule is CCOC(=O)C(Nc1cccc(OC)c1CC(CO)NC(=O)OC(C)(C)C)C(C)CC. The Labute approximate surface area is 185 Å². The fourth-order valence-corrected chi connectivity index (χ4v) is 3.05. The standard InChI is InChI=1S/C23H38N2O6/c1-8-15(3)20(21(27)30-9-2)25-18-11-10-12-19(29-7)17(18)13-16(14-26)24-22(28)31-23(4,5)6/h10-12,15-16,20,25-26H,8-9,13-14H2,1-7H3,(H,24,28). The first-order chi connectivity index (χ1) is 14.6. The maximum Gasteiger partial charge on any atom is 0.407 e. The van der Waals surface area contributed by atoms with Gasteiger partial charge in [0.1, 0.15) is 17.4 Å². The summed E-state index contributed by atoms with van der Waals surface area (Å²) in [6, 6.07) is 4.32. The van der Waals surface area contributed by atoms with E-state index < -0.39 is 23.8 Å². The number of aliphatic hydroxyl groups excluding tert-OH is 1. The first kappa shape index (κ1) is 26.6. The summed E-state index contributed by atoms with van der Waals surface area (Å²) >= 11 is 0. The van der Waals surface area contributed by atoms with Gasteiger partial charge in [-0.05, 0) is 45.7 Å². The molecule has 0 spiro atoms. The minimum absolute atomic E-state index is 0.0339. The van der Waals surface area contributed by atoms with Gasteiger partial charge in [-0.2, -0.15) is 0 Å². The number of alkyl carbamates (subject to hydrolysis) is 1. The van der Waals surface area contributed by atoms with E-state index in [1.165, 1.54) is 0 Å². The lowest BCUT2D eigenvalue weighted by molar-refractivity contribution is -0.145. The molecule has 0 aliphatic carbocycles. The number of carbonyl (C=O) groups excluding carboxylic acids is 2. The third-order valence-electron chi connectivity index (χ3n) is 4.81. The minimum atomic E-state index is -0.648. The van der Waals surface area contributed by atoms with Gasteiger partial charge in [-0.15, -0.1) is 0 Å². The Balaban J connectivity index is 3.16. The van der Waals surface area contributed by atoms with E-state index in [0.29, 0.717) is 18.0 Å². The smallest absolute Gasteiger partial charge is 0.407 e. The second kappa shape index (κ2) is 12.4. The zero-order chi connectivity index (χ0) is 23.6. The third-order valence-corrected chi connectivity index (χ3v) is 4.81. The Morgan fingerprint density at radius 3 is 2.39 bits per heavy atom. The van der Waals surface area contributed by atoms with E-state index in [0.717, 1.165) is 12.0 Å². The van der Waals surface area contributed by atoms with E-state index in [2.05, 4.69) is 10.6 Å². The van der Waals surface area contributed by atoms with Gasteiger partial charge in [0, 0.05) is 17.7 Å². The molecule has 0 aromatic heterocycles. The Kier molecular flexibility index (Phi) is 10.6. The molecule has 1 amide bonds. The molecular weight excluding hydrogens is 400 g/mol. The lowest BCUT2D eigenvalue weighted by Crippen LogP contribution is -2.42. The average Bonchev–Trinajstić information content (AvgIpc) is 2.70. The van der Waals surface area contributed by atoms with E-state index in [9.17, 15) is 14.7 Å². The Morgan fingerprint density at radius 2 is 1.87 bits per heavy atom. The molecule has 0 radical (unpaired) electrons. The van der Waals surface area contributed by atoms with Crippen LogP contribution in [0.25, 0.3) is 0 Å². The van der Waals surface area contributed by atoms with Crippen molar-refractivity contribution in [3.63, 3.8) is 0 Å². The number of nitrogens with one attached hydrogen (secondary N) is 2. The zero-order valence-electron chi connectivity index (χ0n) is 19.8. The second-order valence-electron chi connectivity index (χ2n) is 8.48. The number of aliphatic hydroxyl groups is 1. The third kappa shape index (κ3) is 8.65. The van der Waals surface area contributed by atoms with Crippen LogP contribution < -0.4 is 15.4 Å². The molecule has 0 aliphatic heterocycles. The Bertz CT molecular complexity index is 717. The Morgan fingerprint density at radius 1 is 1.19 bits per heavy atom. The van der Waals surface area contributed by atoms with Crippen LogP contribution in [-0.4, -0.2) is 55.2 Å². The van der Waals surface area contributed by atoms with Crippen LogP contribution in [0.3, 0.4) is 0 Å². The van der Waals surface area contributed by atoms with E-state index in [1.54, 1.807) is 40.9 Å². The number of hydrogen-bond acceptors (Lipinski definition) is 7. The van der Waals surface area contributed by atoms with Gasteiger partial charge < -0.3 is 30.0 Å². The first-order valence-corrected chi connectivity index (χ1v) is 10.8. The number of anilines is 1. The molecule has 0 saturated heterocycles. The molecule has 3 unspecified atom stereocenters. The topological polar surface area (TPSA) is 106 Å². The first-order valence-electron chi connectivity index (χ1n) is 10.8. The van der Waals surface area contributed by atoms with Crippen molar-refractivity contribution in [3.05, 3.63) is 23.8 Å². The van der Waals surface area contributed by atoms with Gasteiger partial charge in [0.2, 0.25) is 0 Å². The van der Waals surface area contributed by atoms with E-state index in [-0.39, 0.29) is 24.9 Å². The number of methoxy groups -OCH3 is 1. The fourth-order valence-electron chi connectivity index (χ4n) is 3.05. The van der Waals surface area contributed by atoms with Gasteiger partial charge in [-0.3, -0.25) is 0 Å². The monoisotopic (exact) mass is 438 g/mol. The highest BCUT2D eigenvalue weighted by Crippen LogP contribution is 2.30. The van der Waals surface area contributed by atoms with E-state index >= 15 is 0 Å². The summed E-state index contributed by atoms with van der Waals surface area (Å²) in [5.74, 6) is 0.295. The summed E-state index contributed by atoms with van der Waals surface area (Å²) < 4.78 is 16.1. The number of carbonyl (C=O) groups is 2. The predicted octanol–water partition coefficient (Wildman–Crippen LogP) is 3.51. The molecule has 1 aromatic rings. The van der Waals surface area contributed by atoms with Gasteiger partial charge in [-0.1, -0.05) is 26.3 Å². The maximum atomic E-state index is 12.5. The highest BCUT2D eigenvalue weighted by Gasteiger charge is 2.27. The van der Waals surface area contributed by atoms with E-state index in [1.807, 2.05) is 26.0 Å². The van der Waals surface area contributed by atoms with Gasteiger partial charge >= 0.3 is 12.1 Å². The van der Waals surface area contributed by atoms with Crippen molar-refractivity contribution in [1.29, 1.82) is 0 Å². The van der Waals surface area contributed by atoms with Crippen LogP contribution in [0.4, 0.5) is 10.5 Å². The van der Waals surface area contributed by atoms with Gasteiger partial charge in [-0.25, -0.2) is 9.59 Å². The highest BCUT2D eigenvalue weighted by atomic mass is 16.6. The maximum absolute atomic E-state index is 12.5. The van der Waals surface area contributed by atoms with E-state index in [4.69, 9.17) is 14.2 Å². The number of ether oxygens (including phenoxy) is 3. The molecule has 3 N–H and O–H groups in total. The van der Waals surface area contributed by atoms with Crippen LogP contribution >= 0.6 is 0 Å². The average molecular weight is 439 g/mol. The van der Waals surface area contributed by atoms with Crippen molar-refractivity contribution in [2.24, 2.45) is 5.92 Å². The second-order valence-corrected chi connectivity index (χ2v) is 8.48. The number of hydrogen-bond donors (Lipinski definition) is 3. The molecule has 176 valence electrons. The number of amides is 1. The Hall–Kier alpha value is -2.48. The van der Waals surface area contributed by atoms with Crippen LogP contribution in [0.1, 0.15) is 53.5 Å². The fraction of sp³-hybridized carbons (Fsp3) is 0.652. The molecule has 0 aliphatic rings. The van der Waals surface area contributed by atoms with Gasteiger partial charge in [0.25, 0.3) is 0 Å². The number of esters is 1. The van der Waals surface area contributed by atoms with Crippen LogP contribution in [0, 0.1) is 5.92 Å². The molecule has 8 nitrogen and oxygen atoms in total. The van der Waals surface area contributed by atoms with Crippen LogP contribution in [0.2, 0.25) is 0 Å². The highest BCUT2D eigenvalue weighted by molar-refractivity contribution is 5.80. The summed E-state index contributed by atoms with van der Waals surface area (Å²) in [7, 11) is 1.55. The van der Waals surface area contributed by atoms with Crippen molar-refractivity contribution in [2.75, 3.05) is 25.6 Å². The van der Waals surface area contributed by atoms with Crippen molar-refractivity contribution in [2.45, 2.75) is 72.1 Å². The van der Waals surface area contributed by atoms with Crippen molar-refractivity contribution >= 4 is 17.7 Å². The quantitative estimate of drug-likeness (QED) is 0.454. The summed E-state index contributed by atoms with van der Waals surface area (Å²) in [6.07, 6.45) is 0.452. The zero-order valence-corrected chi connectivity index (χ0v) is 19.8. The number of rotatable bonds is 11. The molecule has 0 heterocycles. The summed E-state index contributed by atoms with van der Waals surface area (Å²) in [5.41, 5.74) is 0.768. The van der Waals surface area contributed by atoms with Crippen LogP contribution in [0.5, 0.6) is 5.75 Å². The predicted molar refractivity (Wildman–Crippen MR) is 120 cm³/mol. The largest absolute Gasteiger partial charge is 0.496 e. The van der Waals surface area contributed by atoms with Crippen LogP contribution in [-0.2, 0) is 20.7 Å². The van der Waals surface area contributed by atoms with Crippen molar-refractivity contribution in [1.82, 2.24) is 5.32 Å². The number of benzene rings is 1. The summed E-state index contributed by atoms with van der Waals surface area (Å²) in [5, 5.41) is 15.8. The summed E-state index contributed by atoms with van der Waals surface area (Å²) in [6.45, 7) is 11.1. The molecule has 1 aromatic carbocycles. The molecule has 3 atom stereocenters.